The summed E-state index contributed by atoms with van der Waals surface area (Å²) in [6, 6.07) is 0. The Hall–Kier alpha value is -0.700. The van der Waals surface area contributed by atoms with Crippen LogP contribution in [0.15, 0.2) is 0 Å². The molecule has 0 aliphatic heterocycles. The van der Waals surface area contributed by atoms with E-state index < -0.39 is 0 Å². The van der Waals surface area contributed by atoms with Crippen LogP contribution in [0.5, 0.6) is 0 Å². The van der Waals surface area contributed by atoms with Crippen LogP contribution >= 0.6 is 48.9 Å². The molecule has 0 saturated carbocycles. The van der Waals surface area contributed by atoms with Gasteiger partial charge < -0.3 is 9.47 Å². The normalized spacial score (nSPS) is 10.9. The van der Waals surface area contributed by atoms with Crippen molar-refractivity contribution in [1.82, 2.24) is 0 Å². The molecule has 46 heavy (non-hydrogen) atoms. The van der Waals surface area contributed by atoms with E-state index in [2.05, 4.69) is 13.8 Å². The van der Waals surface area contributed by atoms with E-state index in [0.29, 0.717) is 64.6 Å². The van der Waals surface area contributed by atoms with Crippen molar-refractivity contribution in [3.05, 3.63) is 0 Å². The standard InChI is InChI=1S/C38H66O4S4/c1-3-5-7-9-11-13-15-17-19-21-31-41-37(39)29-25-33(43)23-27-35(45)36(46)28-24-34(44)26-30-38(40)42-32-22-20-18-16-14-12-10-8-6-4-2/h3-32H2,1-2H3. The molecule has 0 aromatic carbocycles. The number of carbonyl (C=O) groups excluding carboxylic acids is 2. The summed E-state index contributed by atoms with van der Waals surface area (Å²) in [6.45, 7) is 5.50. The third-order valence-corrected chi connectivity index (χ3v) is 10.2. The number of esters is 2. The van der Waals surface area contributed by atoms with Gasteiger partial charge in [-0.25, -0.2) is 0 Å². The lowest BCUT2D eigenvalue weighted by Crippen LogP contribution is -2.14. The molecule has 0 rings (SSSR count). The average molecular weight is 715 g/mol. The molecule has 0 bridgehead atoms. The number of unbranched alkanes of at least 4 members (excludes halogenated alkanes) is 18. The maximum Gasteiger partial charge on any atom is 0.306 e. The first-order valence-corrected chi connectivity index (χ1v) is 20.3. The Morgan fingerprint density at radius 2 is 0.630 bits per heavy atom. The number of ether oxygens (including phenoxy) is 2. The first kappa shape index (κ1) is 45.3. The van der Waals surface area contributed by atoms with Crippen molar-refractivity contribution in [2.45, 2.75) is 194 Å². The highest BCUT2D eigenvalue weighted by atomic mass is 32.1. The Labute approximate surface area is 304 Å². The molecular formula is C38H66O4S4. The molecule has 0 aliphatic carbocycles. The number of carbonyl (C=O) groups is 2. The fourth-order valence-electron chi connectivity index (χ4n) is 5.21. The molecule has 0 aliphatic rings. The van der Waals surface area contributed by atoms with Crippen molar-refractivity contribution in [2.24, 2.45) is 0 Å². The molecule has 0 aromatic rings. The van der Waals surface area contributed by atoms with E-state index in [-0.39, 0.29) is 11.9 Å². The summed E-state index contributed by atoms with van der Waals surface area (Å²) in [5.74, 6) is -0.347. The van der Waals surface area contributed by atoms with E-state index in [1.165, 1.54) is 103 Å². The van der Waals surface area contributed by atoms with Crippen molar-refractivity contribution < 1.29 is 19.1 Å². The zero-order chi connectivity index (χ0) is 34.1. The van der Waals surface area contributed by atoms with Gasteiger partial charge in [-0.3, -0.25) is 9.59 Å². The first-order valence-electron chi connectivity index (χ1n) is 18.7. The molecular weight excluding hydrogens is 649 g/mol. The number of hydrogen-bond donors (Lipinski definition) is 0. The van der Waals surface area contributed by atoms with Crippen LogP contribution in [0.2, 0.25) is 0 Å². The smallest absolute Gasteiger partial charge is 0.306 e. The van der Waals surface area contributed by atoms with Crippen LogP contribution in [0.4, 0.5) is 0 Å². The van der Waals surface area contributed by atoms with Gasteiger partial charge in [0.15, 0.2) is 0 Å². The van der Waals surface area contributed by atoms with Crippen LogP contribution in [-0.2, 0) is 19.1 Å². The van der Waals surface area contributed by atoms with Gasteiger partial charge in [0.2, 0.25) is 0 Å². The second-order valence-corrected chi connectivity index (χ2v) is 14.9. The SMILES string of the molecule is CCCCCCCCCCCCOC(=O)CCC(=S)CCC(=S)C(=S)CCC(=S)CCC(=O)OCCCCCCCCCCCC. The van der Waals surface area contributed by atoms with E-state index in [4.69, 9.17) is 58.3 Å². The van der Waals surface area contributed by atoms with Crippen molar-refractivity contribution in [1.29, 1.82) is 0 Å². The third kappa shape index (κ3) is 31.9. The third-order valence-electron chi connectivity index (χ3n) is 8.31. The second-order valence-electron chi connectivity index (χ2n) is 12.7. The van der Waals surface area contributed by atoms with Gasteiger partial charge >= 0.3 is 11.9 Å². The zero-order valence-electron chi connectivity index (χ0n) is 29.5. The fourth-order valence-corrected chi connectivity index (χ4v) is 6.03. The quantitative estimate of drug-likeness (QED) is 0.0365. The average Bonchev–Trinajstić information content (AvgIpc) is 3.05. The topological polar surface area (TPSA) is 52.6 Å². The summed E-state index contributed by atoms with van der Waals surface area (Å²) in [5, 5.41) is 0. The molecule has 0 amide bonds. The van der Waals surface area contributed by atoms with Crippen LogP contribution in [0.25, 0.3) is 0 Å². The van der Waals surface area contributed by atoms with Crippen molar-refractivity contribution >= 4 is 80.3 Å². The van der Waals surface area contributed by atoms with Gasteiger partial charge in [0.25, 0.3) is 0 Å². The summed E-state index contributed by atoms with van der Waals surface area (Å²) in [7, 11) is 0. The highest BCUT2D eigenvalue weighted by Crippen LogP contribution is 2.13. The van der Waals surface area contributed by atoms with Gasteiger partial charge in [-0.1, -0.05) is 178 Å². The Morgan fingerprint density at radius 1 is 0.370 bits per heavy atom. The van der Waals surface area contributed by atoms with Gasteiger partial charge in [-0.2, -0.15) is 0 Å². The summed E-state index contributed by atoms with van der Waals surface area (Å²) in [4.78, 5) is 27.3. The molecule has 266 valence electrons. The van der Waals surface area contributed by atoms with E-state index in [1.54, 1.807) is 0 Å². The molecule has 0 fully saturated rings. The lowest BCUT2D eigenvalue weighted by atomic mass is 10.0. The minimum absolute atomic E-state index is 0.174. The summed E-state index contributed by atoms with van der Waals surface area (Å²) >= 11 is 22.0. The van der Waals surface area contributed by atoms with E-state index in [0.717, 1.165) is 45.1 Å². The second kappa shape index (κ2) is 34.2. The number of thiocarbonyl (C=S) groups is 4. The largest absolute Gasteiger partial charge is 0.466 e. The maximum atomic E-state index is 12.1. The van der Waals surface area contributed by atoms with Crippen LogP contribution in [0.1, 0.15) is 194 Å². The molecule has 0 atom stereocenters. The van der Waals surface area contributed by atoms with Gasteiger partial charge in [0.1, 0.15) is 0 Å². The van der Waals surface area contributed by atoms with E-state index in [1.807, 2.05) is 0 Å². The van der Waals surface area contributed by atoms with Crippen LogP contribution in [0.3, 0.4) is 0 Å². The van der Waals surface area contributed by atoms with E-state index in [9.17, 15) is 9.59 Å². The monoisotopic (exact) mass is 714 g/mol. The first-order chi connectivity index (χ1) is 22.3. The summed E-state index contributed by atoms with van der Waals surface area (Å²) in [6.07, 6.45) is 29.5. The Morgan fingerprint density at radius 3 is 0.935 bits per heavy atom. The zero-order valence-corrected chi connectivity index (χ0v) is 32.7. The van der Waals surface area contributed by atoms with Gasteiger partial charge in [0, 0.05) is 9.73 Å². The minimum Gasteiger partial charge on any atom is -0.466 e. The predicted molar refractivity (Wildman–Crippen MR) is 213 cm³/mol. The molecule has 0 saturated heterocycles. The molecule has 0 N–H and O–H groups in total. The van der Waals surface area contributed by atoms with Crippen molar-refractivity contribution in [2.75, 3.05) is 13.2 Å². The van der Waals surface area contributed by atoms with Crippen molar-refractivity contribution in [3.63, 3.8) is 0 Å². The molecule has 0 spiro atoms. The fraction of sp³-hybridized carbons (Fsp3) is 0.842. The minimum atomic E-state index is -0.174. The van der Waals surface area contributed by atoms with Crippen molar-refractivity contribution in [3.8, 4) is 0 Å². The van der Waals surface area contributed by atoms with Gasteiger partial charge in [-0.15, -0.1) is 0 Å². The maximum absolute atomic E-state index is 12.1. The highest BCUT2D eigenvalue weighted by Gasteiger charge is 2.11. The number of rotatable bonds is 35. The molecule has 0 radical (unpaired) electrons. The Kier molecular flexibility index (Phi) is 33.7. The highest BCUT2D eigenvalue weighted by molar-refractivity contribution is 7.89. The number of hydrogen-bond acceptors (Lipinski definition) is 8. The lowest BCUT2D eigenvalue weighted by molar-refractivity contribution is -0.144. The molecule has 0 unspecified atom stereocenters. The lowest BCUT2D eigenvalue weighted by Gasteiger charge is -2.09. The molecule has 0 aromatic heterocycles. The van der Waals surface area contributed by atoms with E-state index >= 15 is 0 Å². The van der Waals surface area contributed by atoms with Crippen LogP contribution in [-0.4, -0.2) is 44.6 Å². The van der Waals surface area contributed by atoms with Gasteiger partial charge in [0.05, 0.1) is 26.1 Å². The van der Waals surface area contributed by atoms with Gasteiger partial charge in [-0.05, 0) is 61.1 Å². The molecule has 0 heterocycles. The Balaban J connectivity index is 3.73. The molecule has 4 nitrogen and oxygen atoms in total. The molecule has 8 heteroatoms. The Bertz CT molecular complexity index is 775. The summed E-state index contributed by atoms with van der Waals surface area (Å²) < 4.78 is 10.8. The van der Waals surface area contributed by atoms with Crippen LogP contribution < -0.4 is 0 Å². The summed E-state index contributed by atoms with van der Waals surface area (Å²) in [5.41, 5.74) is 0. The van der Waals surface area contributed by atoms with Crippen LogP contribution in [0, 0.1) is 0 Å². The predicted octanol–water partition coefficient (Wildman–Crippen LogP) is 12.5.